The molecular formula is C19H31ClIN5. The number of halogens is 2. The molecule has 0 saturated carbocycles. The summed E-state index contributed by atoms with van der Waals surface area (Å²) in [4.78, 5) is 11.8. The Bertz CT molecular complexity index is 566. The van der Waals surface area contributed by atoms with Crippen LogP contribution in [0.3, 0.4) is 0 Å². The number of aliphatic imine (C=N–C) groups is 1. The lowest BCUT2D eigenvalue weighted by Gasteiger charge is -2.36. The zero-order chi connectivity index (χ0) is 17.6. The number of benzene rings is 1. The molecule has 1 unspecified atom stereocenters. The molecular weight excluding hydrogens is 461 g/mol. The van der Waals surface area contributed by atoms with Crippen molar-refractivity contribution in [2.75, 3.05) is 57.3 Å². The number of anilines is 1. The highest BCUT2D eigenvalue weighted by atomic mass is 127. The van der Waals surface area contributed by atoms with Crippen LogP contribution in [-0.4, -0.2) is 68.1 Å². The molecule has 2 fully saturated rings. The standard InChI is InChI=1S/C19H30ClN5.HI/c1-16(15-23-8-2-3-9-23)14-22-19(21)25-12-10-24(11-13-25)18-6-4-17(20)5-7-18;/h4-7,16H,2-3,8-15H2,1H3,(H2,21,22);1H. The lowest BCUT2D eigenvalue weighted by Crippen LogP contribution is -2.51. The van der Waals surface area contributed by atoms with Gasteiger partial charge in [0.15, 0.2) is 5.96 Å². The molecule has 0 spiro atoms. The predicted octanol–water partition coefficient (Wildman–Crippen LogP) is 3.13. The average molecular weight is 492 g/mol. The maximum Gasteiger partial charge on any atom is 0.191 e. The van der Waals surface area contributed by atoms with Crippen molar-refractivity contribution in [2.24, 2.45) is 16.6 Å². The van der Waals surface area contributed by atoms with E-state index in [0.29, 0.717) is 11.9 Å². The fraction of sp³-hybridized carbons (Fsp3) is 0.632. The van der Waals surface area contributed by atoms with E-state index in [1.165, 1.54) is 31.6 Å². The summed E-state index contributed by atoms with van der Waals surface area (Å²) in [7, 11) is 0. The second kappa shape index (κ2) is 10.6. The number of likely N-dealkylation sites (tertiary alicyclic amines) is 1. The molecule has 2 heterocycles. The number of piperazine rings is 1. The minimum Gasteiger partial charge on any atom is -0.370 e. The first-order valence-corrected chi connectivity index (χ1v) is 9.77. The van der Waals surface area contributed by atoms with Crippen LogP contribution in [0.2, 0.25) is 5.02 Å². The van der Waals surface area contributed by atoms with Crippen molar-refractivity contribution in [3.8, 4) is 0 Å². The topological polar surface area (TPSA) is 48.1 Å². The van der Waals surface area contributed by atoms with Crippen LogP contribution >= 0.6 is 35.6 Å². The van der Waals surface area contributed by atoms with E-state index in [1.807, 2.05) is 12.1 Å². The van der Waals surface area contributed by atoms with Gasteiger partial charge in [-0.3, -0.25) is 4.99 Å². The minimum atomic E-state index is 0. The SMILES string of the molecule is CC(CN=C(N)N1CCN(c2ccc(Cl)cc2)CC1)CN1CCCC1.I. The van der Waals surface area contributed by atoms with Gasteiger partial charge in [0.2, 0.25) is 0 Å². The normalized spacial score (nSPS) is 20.2. The van der Waals surface area contributed by atoms with Gasteiger partial charge in [0.1, 0.15) is 0 Å². The lowest BCUT2D eigenvalue weighted by atomic mass is 10.2. The highest BCUT2D eigenvalue weighted by molar-refractivity contribution is 14.0. The number of nitrogens with two attached hydrogens (primary N) is 1. The Morgan fingerprint density at radius 2 is 1.69 bits per heavy atom. The number of nitrogens with zero attached hydrogens (tertiary/aromatic N) is 4. The molecule has 2 saturated heterocycles. The van der Waals surface area contributed by atoms with E-state index in [2.05, 4.69) is 38.7 Å². The summed E-state index contributed by atoms with van der Waals surface area (Å²) in [6.45, 7) is 10.5. The molecule has 0 amide bonds. The third kappa shape index (κ3) is 6.16. The van der Waals surface area contributed by atoms with Gasteiger partial charge in [0, 0.05) is 50.0 Å². The Hall–Kier alpha value is -0.730. The molecule has 0 aromatic heterocycles. The fourth-order valence-corrected chi connectivity index (χ4v) is 3.78. The van der Waals surface area contributed by atoms with Gasteiger partial charge in [0.25, 0.3) is 0 Å². The van der Waals surface area contributed by atoms with Crippen molar-refractivity contribution in [3.63, 3.8) is 0 Å². The Labute approximate surface area is 179 Å². The van der Waals surface area contributed by atoms with Crippen LogP contribution in [0.1, 0.15) is 19.8 Å². The van der Waals surface area contributed by atoms with Gasteiger partial charge in [-0.05, 0) is 56.1 Å². The van der Waals surface area contributed by atoms with E-state index in [0.717, 1.165) is 44.3 Å². The molecule has 0 radical (unpaired) electrons. The lowest BCUT2D eigenvalue weighted by molar-refractivity contribution is 0.291. The number of rotatable bonds is 5. The molecule has 1 aromatic rings. The van der Waals surface area contributed by atoms with E-state index < -0.39 is 0 Å². The number of guanidine groups is 1. The van der Waals surface area contributed by atoms with Crippen LogP contribution in [0.5, 0.6) is 0 Å². The Morgan fingerprint density at radius 1 is 1.08 bits per heavy atom. The zero-order valence-electron chi connectivity index (χ0n) is 15.6. The Morgan fingerprint density at radius 3 is 2.31 bits per heavy atom. The smallest absolute Gasteiger partial charge is 0.191 e. The Balaban J connectivity index is 0.00000243. The van der Waals surface area contributed by atoms with Crippen LogP contribution < -0.4 is 10.6 Å². The first-order valence-electron chi connectivity index (χ1n) is 9.39. The molecule has 3 rings (SSSR count). The molecule has 5 nitrogen and oxygen atoms in total. The average Bonchev–Trinajstić information content (AvgIpc) is 3.13. The van der Waals surface area contributed by atoms with Gasteiger partial charge in [0.05, 0.1) is 0 Å². The van der Waals surface area contributed by atoms with Crippen LogP contribution in [0, 0.1) is 5.92 Å². The van der Waals surface area contributed by atoms with Gasteiger partial charge < -0.3 is 20.4 Å². The van der Waals surface area contributed by atoms with Crippen molar-refractivity contribution in [1.82, 2.24) is 9.80 Å². The van der Waals surface area contributed by atoms with Crippen molar-refractivity contribution in [3.05, 3.63) is 29.3 Å². The molecule has 1 atom stereocenters. The summed E-state index contributed by atoms with van der Waals surface area (Å²) in [5.74, 6) is 1.26. The molecule has 2 aliphatic heterocycles. The predicted molar refractivity (Wildman–Crippen MR) is 122 cm³/mol. The maximum atomic E-state index is 6.24. The Kier molecular flexibility index (Phi) is 8.76. The summed E-state index contributed by atoms with van der Waals surface area (Å²) in [5.41, 5.74) is 7.46. The molecule has 2 aliphatic rings. The fourth-order valence-electron chi connectivity index (χ4n) is 3.66. The largest absolute Gasteiger partial charge is 0.370 e. The van der Waals surface area contributed by atoms with E-state index in [4.69, 9.17) is 17.3 Å². The van der Waals surface area contributed by atoms with E-state index in [1.54, 1.807) is 0 Å². The van der Waals surface area contributed by atoms with Crippen LogP contribution in [-0.2, 0) is 0 Å². The van der Waals surface area contributed by atoms with E-state index in [-0.39, 0.29) is 24.0 Å². The van der Waals surface area contributed by atoms with Gasteiger partial charge in [-0.25, -0.2) is 0 Å². The van der Waals surface area contributed by atoms with Crippen LogP contribution in [0.25, 0.3) is 0 Å². The van der Waals surface area contributed by atoms with Gasteiger partial charge in [-0.1, -0.05) is 18.5 Å². The van der Waals surface area contributed by atoms with Gasteiger partial charge in [-0.2, -0.15) is 0 Å². The summed E-state index contributed by atoms with van der Waals surface area (Å²) in [5, 5.41) is 0.779. The van der Waals surface area contributed by atoms with Crippen molar-refractivity contribution in [1.29, 1.82) is 0 Å². The van der Waals surface area contributed by atoms with Crippen molar-refractivity contribution in [2.45, 2.75) is 19.8 Å². The number of hydrogen-bond donors (Lipinski definition) is 1. The van der Waals surface area contributed by atoms with Gasteiger partial charge >= 0.3 is 0 Å². The third-order valence-corrected chi connectivity index (χ3v) is 5.38. The minimum absolute atomic E-state index is 0. The quantitative estimate of drug-likeness (QED) is 0.391. The summed E-state index contributed by atoms with van der Waals surface area (Å²) >= 11 is 5.97. The summed E-state index contributed by atoms with van der Waals surface area (Å²) < 4.78 is 0. The molecule has 0 aliphatic carbocycles. The second-order valence-electron chi connectivity index (χ2n) is 7.26. The van der Waals surface area contributed by atoms with Crippen LogP contribution in [0.4, 0.5) is 5.69 Å². The zero-order valence-corrected chi connectivity index (χ0v) is 18.7. The molecule has 26 heavy (non-hydrogen) atoms. The number of hydrogen-bond acceptors (Lipinski definition) is 3. The highest BCUT2D eigenvalue weighted by Crippen LogP contribution is 2.19. The second-order valence-corrected chi connectivity index (χ2v) is 7.70. The van der Waals surface area contributed by atoms with E-state index >= 15 is 0 Å². The molecule has 7 heteroatoms. The summed E-state index contributed by atoms with van der Waals surface area (Å²) in [6.07, 6.45) is 2.69. The maximum absolute atomic E-state index is 6.24. The first kappa shape index (κ1) is 21.6. The highest BCUT2D eigenvalue weighted by Gasteiger charge is 2.19. The monoisotopic (exact) mass is 491 g/mol. The molecule has 1 aromatic carbocycles. The third-order valence-electron chi connectivity index (χ3n) is 5.13. The van der Waals surface area contributed by atoms with Crippen molar-refractivity contribution >= 4 is 47.2 Å². The molecule has 0 bridgehead atoms. The molecule has 146 valence electrons. The first-order chi connectivity index (χ1) is 12.1. The summed E-state index contributed by atoms with van der Waals surface area (Å²) in [6, 6.07) is 8.05. The van der Waals surface area contributed by atoms with Crippen molar-refractivity contribution < 1.29 is 0 Å². The van der Waals surface area contributed by atoms with Gasteiger partial charge in [-0.15, -0.1) is 24.0 Å². The van der Waals surface area contributed by atoms with Crippen LogP contribution in [0.15, 0.2) is 29.3 Å². The van der Waals surface area contributed by atoms with E-state index in [9.17, 15) is 0 Å². The molecule has 2 N–H and O–H groups in total.